The second kappa shape index (κ2) is 4.05. The molecule has 0 bridgehead atoms. The largest absolute Gasteiger partial charge is 0.498 e. The SMILES string of the molecule is Cn1cc2c(B3OC(C)(C)C(C)(C)O3)c(F)ccc2n1. The van der Waals surface area contributed by atoms with E-state index < -0.39 is 18.3 Å². The van der Waals surface area contributed by atoms with E-state index in [4.69, 9.17) is 9.31 Å². The molecule has 0 unspecified atom stereocenters. The molecule has 0 spiro atoms. The Bertz CT molecular complexity index is 665. The highest BCUT2D eigenvalue weighted by Gasteiger charge is 2.52. The Hall–Kier alpha value is -1.40. The van der Waals surface area contributed by atoms with Crippen molar-refractivity contribution in [2.24, 2.45) is 7.05 Å². The van der Waals surface area contributed by atoms with Crippen LogP contribution >= 0.6 is 0 Å². The van der Waals surface area contributed by atoms with Gasteiger partial charge in [-0.15, -0.1) is 0 Å². The molecule has 0 radical (unpaired) electrons. The van der Waals surface area contributed by atoms with Crippen LogP contribution < -0.4 is 5.46 Å². The first-order valence-corrected chi connectivity index (χ1v) is 6.69. The summed E-state index contributed by atoms with van der Waals surface area (Å²) < 4.78 is 27.9. The molecule has 1 saturated heterocycles. The normalized spacial score (nSPS) is 20.8. The molecule has 4 nitrogen and oxygen atoms in total. The molecule has 0 saturated carbocycles. The van der Waals surface area contributed by atoms with Crippen LogP contribution in [0.2, 0.25) is 0 Å². The third-order valence-corrected chi connectivity index (χ3v) is 4.28. The van der Waals surface area contributed by atoms with Gasteiger partial charge >= 0.3 is 7.12 Å². The Labute approximate surface area is 118 Å². The van der Waals surface area contributed by atoms with Crippen molar-refractivity contribution in [3.05, 3.63) is 24.1 Å². The molecular weight excluding hydrogens is 258 g/mol. The van der Waals surface area contributed by atoms with E-state index in [1.807, 2.05) is 34.7 Å². The first-order valence-electron chi connectivity index (χ1n) is 6.69. The second-order valence-corrected chi connectivity index (χ2v) is 6.28. The molecule has 3 rings (SSSR count). The fraction of sp³-hybridized carbons (Fsp3) is 0.500. The zero-order valence-corrected chi connectivity index (χ0v) is 12.4. The minimum absolute atomic E-state index is 0.330. The lowest BCUT2D eigenvalue weighted by atomic mass is 9.76. The van der Waals surface area contributed by atoms with Gasteiger partial charge in [0, 0.05) is 24.1 Å². The van der Waals surface area contributed by atoms with E-state index in [1.54, 1.807) is 16.9 Å². The lowest BCUT2D eigenvalue weighted by Crippen LogP contribution is -2.41. The van der Waals surface area contributed by atoms with Crippen molar-refractivity contribution in [3.8, 4) is 0 Å². The summed E-state index contributed by atoms with van der Waals surface area (Å²) in [6, 6.07) is 3.08. The zero-order chi connectivity index (χ0) is 14.7. The third-order valence-electron chi connectivity index (χ3n) is 4.28. The highest BCUT2D eigenvalue weighted by molar-refractivity contribution is 6.65. The third kappa shape index (κ3) is 1.86. The summed E-state index contributed by atoms with van der Waals surface area (Å²) in [5.74, 6) is -0.330. The lowest BCUT2D eigenvalue weighted by Gasteiger charge is -2.32. The summed E-state index contributed by atoms with van der Waals surface area (Å²) in [4.78, 5) is 0. The van der Waals surface area contributed by atoms with Crippen molar-refractivity contribution in [3.63, 3.8) is 0 Å². The smallest absolute Gasteiger partial charge is 0.399 e. The van der Waals surface area contributed by atoms with Crippen LogP contribution in [0.4, 0.5) is 4.39 Å². The second-order valence-electron chi connectivity index (χ2n) is 6.28. The topological polar surface area (TPSA) is 36.3 Å². The van der Waals surface area contributed by atoms with Crippen molar-refractivity contribution in [2.75, 3.05) is 0 Å². The van der Waals surface area contributed by atoms with Crippen LogP contribution in [0.5, 0.6) is 0 Å². The van der Waals surface area contributed by atoms with E-state index in [1.165, 1.54) is 6.07 Å². The van der Waals surface area contributed by atoms with Crippen molar-refractivity contribution in [2.45, 2.75) is 38.9 Å². The summed E-state index contributed by atoms with van der Waals surface area (Å²) >= 11 is 0. The first kappa shape index (κ1) is 13.6. The quantitative estimate of drug-likeness (QED) is 0.747. The van der Waals surface area contributed by atoms with Gasteiger partial charge < -0.3 is 9.31 Å². The average molecular weight is 276 g/mol. The molecule has 0 amide bonds. The maximum absolute atomic E-state index is 14.3. The van der Waals surface area contributed by atoms with Gasteiger partial charge in [-0.05, 0) is 39.8 Å². The minimum atomic E-state index is -0.715. The number of hydrogen-bond donors (Lipinski definition) is 0. The van der Waals surface area contributed by atoms with E-state index in [2.05, 4.69) is 5.10 Å². The van der Waals surface area contributed by atoms with Crippen LogP contribution in [-0.4, -0.2) is 28.1 Å². The molecular formula is C14H18BFN2O2. The Morgan fingerprint density at radius 1 is 1.15 bits per heavy atom. The highest BCUT2D eigenvalue weighted by atomic mass is 19.1. The fourth-order valence-electron chi connectivity index (χ4n) is 2.41. The molecule has 2 heterocycles. The molecule has 1 aliphatic rings. The van der Waals surface area contributed by atoms with E-state index >= 15 is 0 Å². The van der Waals surface area contributed by atoms with Crippen LogP contribution in [0.25, 0.3) is 10.9 Å². The van der Waals surface area contributed by atoms with Gasteiger partial charge in [-0.1, -0.05) is 0 Å². The molecule has 106 valence electrons. The zero-order valence-electron chi connectivity index (χ0n) is 12.4. The molecule has 0 N–H and O–H groups in total. The van der Waals surface area contributed by atoms with Crippen LogP contribution in [0.15, 0.2) is 18.3 Å². The fourth-order valence-corrected chi connectivity index (χ4v) is 2.41. The van der Waals surface area contributed by atoms with Crippen LogP contribution in [0.1, 0.15) is 27.7 Å². The molecule has 0 atom stereocenters. The summed E-state index contributed by atoms with van der Waals surface area (Å²) in [7, 11) is 1.10. The van der Waals surface area contributed by atoms with Crippen molar-refractivity contribution in [1.29, 1.82) is 0 Å². The summed E-state index contributed by atoms with van der Waals surface area (Å²) in [6.07, 6.45) is 1.79. The highest BCUT2D eigenvalue weighted by Crippen LogP contribution is 2.37. The van der Waals surface area contributed by atoms with Gasteiger partial charge in [0.2, 0.25) is 0 Å². The molecule has 0 aliphatic carbocycles. The molecule has 2 aromatic rings. The van der Waals surface area contributed by atoms with Crippen molar-refractivity contribution < 1.29 is 13.7 Å². The van der Waals surface area contributed by atoms with E-state index in [9.17, 15) is 4.39 Å². The van der Waals surface area contributed by atoms with Crippen molar-refractivity contribution >= 4 is 23.5 Å². The minimum Gasteiger partial charge on any atom is -0.399 e. The maximum Gasteiger partial charge on any atom is 0.498 e. The molecule has 6 heteroatoms. The van der Waals surface area contributed by atoms with E-state index in [0.29, 0.717) is 5.46 Å². The van der Waals surface area contributed by atoms with Gasteiger partial charge in [0.15, 0.2) is 0 Å². The van der Waals surface area contributed by atoms with Gasteiger partial charge in [-0.3, -0.25) is 4.68 Å². The van der Waals surface area contributed by atoms with Crippen LogP contribution in [0.3, 0.4) is 0 Å². The lowest BCUT2D eigenvalue weighted by molar-refractivity contribution is 0.00578. The van der Waals surface area contributed by atoms with Gasteiger partial charge in [-0.25, -0.2) is 4.39 Å². The van der Waals surface area contributed by atoms with Crippen molar-refractivity contribution in [1.82, 2.24) is 9.78 Å². The Kier molecular flexibility index (Phi) is 2.75. The molecule has 20 heavy (non-hydrogen) atoms. The first-order chi connectivity index (χ1) is 9.21. The monoisotopic (exact) mass is 276 g/mol. The summed E-state index contributed by atoms with van der Waals surface area (Å²) in [6.45, 7) is 7.81. The molecule has 1 aromatic heterocycles. The van der Waals surface area contributed by atoms with E-state index in [0.717, 1.165) is 10.9 Å². The molecule has 1 fully saturated rings. The number of fused-ring (bicyclic) bond motifs is 1. The van der Waals surface area contributed by atoms with Crippen LogP contribution in [-0.2, 0) is 16.4 Å². The van der Waals surface area contributed by atoms with Gasteiger partial charge in [0.25, 0.3) is 0 Å². The number of halogens is 1. The Morgan fingerprint density at radius 2 is 1.75 bits per heavy atom. The van der Waals surface area contributed by atoms with Crippen LogP contribution in [0, 0.1) is 5.82 Å². The molecule has 1 aromatic carbocycles. The molecule has 1 aliphatic heterocycles. The predicted octanol–water partition coefficient (Wildman–Crippen LogP) is 2.01. The Morgan fingerprint density at radius 3 is 2.35 bits per heavy atom. The van der Waals surface area contributed by atoms with Gasteiger partial charge in [-0.2, -0.15) is 5.10 Å². The summed E-state index contributed by atoms with van der Waals surface area (Å²) in [5, 5.41) is 5.03. The summed E-state index contributed by atoms with van der Waals surface area (Å²) in [5.41, 5.74) is 0.177. The predicted molar refractivity (Wildman–Crippen MR) is 76.4 cm³/mol. The number of nitrogens with zero attached hydrogens (tertiary/aromatic N) is 2. The Balaban J connectivity index is 2.14. The van der Waals surface area contributed by atoms with E-state index in [-0.39, 0.29) is 5.82 Å². The number of hydrogen-bond acceptors (Lipinski definition) is 3. The standard InChI is InChI=1S/C14H18BFN2O2/c1-13(2)14(3,4)20-15(19-13)12-9-8-18(5)17-11(9)7-6-10(12)16/h6-8H,1-5H3. The van der Waals surface area contributed by atoms with Gasteiger partial charge in [0.05, 0.1) is 16.7 Å². The maximum atomic E-state index is 14.3. The average Bonchev–Trinajstić information content (AvgIpc) is 2.76. The number of aryl methyl sites for hydroxylation is 1. The van der Waals surface area contributed by atoms with Gasteiger partial charge in [0.1, 0.15) is 5.82 Å². The number of benzene rings is 1. The number of aromatic nitrogens is 2. The number of rotatable bonds is 1.